The lowest BCUT2D eigenvalue weighted by Crippen LogP contribution is -2.07. The van der Waals surface area contributed by atoms with E-state index >= 15 is 0 Å². The lowest BCUT2D eigenvalue weighted by atomic mass is 9.87. The minimum atomic E-state index is 0.726. The highest BCUT2D eigenvalue weighted by Crippen LogP contribution is 2.25. The fourth-order valence-electron chi connectivity index (χ4n) is 3.17. The van der Waals surface area contributed by atoms with Gasteiger partial charge in [0.15, 0.2) is 0 Å². The van der Waals surface area contributed by atoms with Crippen LogP contribution < -0.4 is 0 Å². The van der Waals surface area contributed by atoms with Crippen molar-refractivity contribution in [3.63, 3.8) is 0 Å². The minimum Gasteiger partial charge on any atom is -0.0958 e. The van der Waals surface area contributed by atoms with E-state index in [2.05, 4.69) is 60.3 Å². The van der Waals surface area contributed by atoms with Gasteiger partial charge in [0.25, 0.3) is 0 Å². The fraction of sp³-hybridized carbons (Fsp3) is 0.750. The Morgan fingerprint density at radius 3 is 2.17 bits per heavy atom. The molecule has 0 radical (unpaired) electrons. The van der Waals surface area contributed by atoms with Crippen LogP contribution in [0, 0.1) is 11.8 Å². The van der Waals surface area contributed by atoms with Gasteiger partial charge in [-0.05, 0) is 55.6 Å². The molecule has 0 heterocycles. The molecule has 0 bridgehead atoms. The van der Waals surface area contributed by atoms with Crippen molar-refractivity contribution in [2.75, 3.05) is 0 Å². The first-order valence-electron chi connectivity index (χ1n) is 10.5. The fourth-order valence-corrected chi connectivity index (χ4v) is 3.17. The van der Waals surface area contributed by atoms with Crippen LogP contribution >= 0.6 is 0 Å². The zero-order valence-corrected chi connectivity index (χ0v) is 17.6. The molecule has 2 unspecified atom stereocenters. The van der Waals surface area contributed by atoms with Crippen LogP contribution in [0.2, 0.25) is 0 Å². The summed E-state index contributed by atoms with van der Waals surface area (Å²) in [6, 6.07) is 0. The Bertz CT molecular complexity index is 383. The number of allylic oxidation sites excluding steroid dienone is 5. The van der Waals surface area contributed by atoms with E-state index in [9.17, 15) is 0 Å². The second-order valence-corrected chi connectivity index (χ2v) is 7.73. The highest BCUT2D eigenvalue weighted by Gasteiger charge is 2.11. The van der Waals surface area contributed by atoms with Crippen molar-refractivity contribution in [1.29, 1.82) is 0 Å². The molecule has 0 aliphatic rings. The third-order valence-electron chi connectivity index (χ3n) is 5.36. The van der Waals surface area contributed by atoms with E-state index in [0.717, 1.165) is 18.3 Å². The lowest BCUT2D eigenvalue weighted by Gasteiger charge is -2.19. The first-order valence-corrected chi connectivity index (χ1v) is 10.5. The number of unbranched alkanes of at least 4 members (excludes halogenated alkanes) is 5. The average molecular weight is 333 g/mol. The van der Waals surface area contributed by atoms with E-state index < -0.39 is 0 Å². The van der Waals surface area contributed by atoms with E-state index in [-0.39, 0.29) is 0 Å². The summed E-state index contributed by atoms with van der Waals surface area (Å²) in [6.45, 7) is 18.2. The Kier molecular flexibility index (Phi) is 14.1. The second-order valence-electron chi connectivity index (χ2n) is 7.73. The van der Waals surface area contributed by atoms with Crippen LogP contribution in [0.1, 0.15) is 106 Å². The Hall–Kier alpha value is -0.780. The summed E-state index contributed by atoms with van der Waals surface area (Å²) in [4.78, 5) is 0. The Morgan fingerprint density at radius 1 is 0.917 bits per heavy atom. The van der Waals surface area contributed by atoms with Crippen LogP contribution in [0.5, 0.6) is 0 Å². The van der Waals surface area contributed by atoms with Gasteiger partial charge in [-0.2, -0.15) is 0 Å². The largest absolute Gasteiger partial charge is 0.0958 e. The molecule has 0 fully saturated rings. The summed E-state index contributed by atoms with van der Waals surface area (Å²) in [5.74, 6) is 1.51. The maximum Gasteiger partial charge on any atom is -0.0256 e. The van der Waals surface area contributed by atoms with Gasteiger partial charge in [0.05, 0.1) is 0 Å². The minimum absolute atomic E-state index is 0.726. The van der Waals surface area contributed by atoms with Crippen molar-refractivity contribution in [3.05, 3.63) is 35.5 Å². The van der Waals surface area contributed by atoms with Crippen LogP contribution in [0.4, 0.5) is 0 Å². The van der Waals surface area contributed by atoms with Crippen molar-refractivity contribution >= 4 is 0 Å². The van der Waals surface area contributed by atoms with Gasteiger partial charge in [-0.15, -0.1) is 0 Å². The second kappa shape index (κ2) is 14.6. The van der Waals surface area contributed by atoms with E-state index in [1.807, 2.05) is 0 Å². The number of rotatable bonds is 14. The monoisotopic (exact) mass is 332 g/mol. The molecule has 0 aliphatic carbocycles. The Balaban J connectivity index is 4.66. The van der Waals surface area contributed by atoms with E-state index in [1.54, 1.807) is 5.57 Å². The highest BCUT2D eigenvalue weighted by molar-refractivity contribution is 5.35. The maximum absolute atomic E-state index is 4.33. The zero-order valence-electron chi connectivity index (χ0n) is 17.6. The molecule has 0 nitrogen and oxygen atoms in total. The molecule has 0 aromatic rings. The molecule has 0 saturated heterocycles. The summed E-state index contributed by atoms with van der Waals surface area (Å²) in [5, 5.41) is 0. The summed E-state index contributed by atoms with van der Waals surface area (Å²) < 4.78 is 0. The van der Waals surface area contributed by atoms with Crippen molar-refractivity contribution in [2.24, 2.45) is 11.8 Å². The molecule has 0 aliphatic heterocycles. The van der Waals surface area contributed by atoms with E-state index in [4.69, 9.17) is 0 Å². The molecule has 0 amide bonds. The standard InChI is InChI=1S/C24H44/c1-8-11-13-14-15-17-24(16-12-9-2)23(7)19-20(4)18-22(6)21(5)10-3/h16,19,21-22H,4,8-15,17-18H2,1-3,5-7H3/b23-19-,24-16-. The molecular weight excluding hydrogens is 288 g/mol. The molecule has 0 saturated carbocycles. The highest BCUT2D eigenvalue weighted by atomic mass is 14.2. The van der Waals surface area contributed by atoms with Gasteiger partial charge in [-0.25, -0.2) is 0 Å². The van der Waals surface area contributed by atoms with Crippen molar-refractivity contribution in [2.45, 2.75) is 106 Å². The third-order valence-corrected chi connectivity index (χ3v) is 5.36. The lowest BCUT2D eigenvalue weighted by molar-refractivity contribution is 0.376. The van der Waals surface area contributed by atoms with Gasteiger partial charge in [0.1, 0.15) is 0 Å². The van der Waals surface area contributed by atoms with Crippen molar-refractivity contribution < 1.29 is 0 Å². The maximum atomic E-state index is 4.33. The van der Waals surface area contributed by atoms with Crippen molar-refractivity contribution in [1.82, 2.24) is 0 Å². The van der Waals surface area contributed by atoms with Gasteiger partial charge < -0.3 is 0 Å². The molecular formula is C24H44. The first kappa shape index (κ1) is 23.2. The summed E-state index contributed by atoms with van der Waals surface area (Å²) >= 11 is 0. The molecule has 0 spiro atoms. The normalized spacial score (nSPS) is 15.4. The molecule has 2 atom stereocenters. The molecule has 0 heteroatoms. The molecule has 24 heavy (non-hydrogen) atoms. The zero-order chi connectivity index (χ0) is 18.4. The Labute approximate surface area is 153 Å². The molecule has 0 rings (SSSR count). The van der Waals surface area contributed by atoms with Gasteiger partial charge in [-0.1, -0.05) is 97.4 Å². The summed E-state index contributed by atoms with van der Waals surface area (Å²) in [6.07, 6.45) is 17.7. The smallest absolute Gasteiger partial charge is 0.0256 e. The summed E-state index contributed by atoms with van der Waals surface area (Å²) in [5.41, 5.74) is 4.31. The number of hydrogen-bond acceptors (Lipinski definition) is 0. The van der Waals surface area contributed by atoms with Gasteiger partial charge in [0.2, 0.25) is 0 Å². The molecule has 0 aromatic heterocycles. The van der Waals surface area contributed by atoms with Gasteiger partial charge in [0, 0.05) is 0 Å². The topological polar surface area (TPSA) is 0 Å². The summed E-state index contributed by atoms with van der Waals surface area (Å²) in [7, 11) is 0. The van der Waals surface area contributed by atoms with Crippen LogP contribution in [-0.2, 0) is 0 Å². The molecule has 0 N–H and O–H groups in total. The van der Waals surface area contributed by atoms with Crippen LogP contribution in [0.3, 0.4) is 0 Å². The van der Waals surface area contributed by atoms with Crippen molar-refractivity contribution in [3.8, 4) is 0 Å². The Morgan fingerprint density at radius 2 is 1.58 bits per heavy atom. The van der Waals surface area contributed by atoms with E-state index in [1.165, 1.54) is 68.9 Å². The predicted octanol–water partition coefficient (Wildman–Crippen LogP) is 8.65. The van der Waals surface area contributed by atoms with Gasteiger partial charge in [-0.3, -0.25) is 0 Å². The van der Waals surface area contributed by atoms with E-state index in [0.29, 0.717) is 0 Å². The van der Waals surface area contributed by atoms with Gasteiger partial charge >= 0.3 is 0 Å². The van der Waals surface area contributed by atoms with Crippen LogP contribution in [0.15, 0.2) is 35.5 Å². The third kappa shape index (κ3) is 10.9. The SMILES string of the molecule is C=C(/C=C(C)\C(=C/CCC)CCCCCCC)CC(C)C(C)CC. The first-order chi connectivity index (χ1) is 11.5. The molecule has 140 valence electrons. The predicted molar refractivity (Wildman–Crippen MR) is 113 cm³/mol. The quantitative estimate of drug-likeness (QED) is 0.220. The number of hydrogen-bond donors (Lipinski definition) is 0. The molecule has 0 aromatic carbocycles. The van der Waals surface area contributed by atoms with Crippen LogP contribution in [0.25, 0.3) is 0 Å². The van der Waals surface area contributed by atoms with Crippen LogP contribution in [-0.4, -0.2) is 0 Å². The average Bonchev–Trinajstić information content (AvgIpc) is 2.56.